The molecule has 0 saturated carbocycles. The SMILES string of the molecule is Cc1cc(Cl)ccc1C(=O)Nc1ccc(N)cc1Br. The molecule has 3 N–H and O–H groups in total. The first-order chi connectivity index (χ1) is 8.97. The van der Waals surface area contributed by atoms with Gasteiger partial charge in [-0.1, -0.05) is 11.6 Å². The third-order valence-corrected chi connectivity index (χ3v) is 3.57. The van der Waals surface area contributed by atoms with E-state index in [1.54, 1.807) is 36.4 Å². The Labute approximate surface area is 124 Å². The van der Waals surface area contributed by atoms with Crippen molar-refractivity contribution in [2.75, 3.05) is 11.1 Å². The molecular weight excluding hydrogens is 328 g/mol. The van der Waals surface area contributed by atoms with Gasteiger partial charge in [-0.25, -0.2) is 0 Å². The summed E-state index contributed by atoms with van der Waals surface area (Å²) in [5.74, 6) is -0.181. The first-order valence-corrected chi connectivity index (χ1v) is 6.77. The highest BCUT2D eigenvalue weighted by atomic mass is 79.9. The van der Waals surface area contributed by atoms with Gasteiger partial charge in [-0.3, -0.25) is 4.79 Å². The van der Waals surface area contributed by atoms with Gasteiger partial charge < -0.3 is 11.1 Å². The highest BCUT2D eigenvalue weighted by Gasteiger charge is 2.11. The quantitative estimate of drug-likeness (QED) is 0.804. The zero-order chi connectivity index (χ0) is 14.0. The third-order valence-electron chi connectivity index (χ3n) is 2.67. The summed E-state index contributed by atoms with van der Waals surface area (Å²) in [6.07, 6.45) is 0. The molecule has 1 amide bonds. The number of rotatable bonds is 2. The van der Waals surface area contributed by atoms with Crippen LogP contribution in [-0.4, -0.2) is 5.91 Å². The molecule has 98 valence electrons. The summed E-state index contributed by atoms with van der Waals surface area (Å²) in [5, 5.41) is 3.44. The zero-order valence-electron chi connectivity index (χ0n) is 10.2. The van der Waals surface area contributed by atoms with Gasteiger partial charge in [-0.2, -0.15) is 0 Å². The monoisotopic (exact) mass is 338 g/mol. The Kier molecular flexibility index (Phi) is 4.12. The summed E-state index contributed by atoms with van der Waals surface area (Å²) in [4.78, 5) is 12.2. The van der Waals surface area contributed by atoms with Crippen molar-refractivity contribution in [2.24, 2.45) is 0 Å². The van der Waals surface area contributed by atoms with Crippen molar-refractivity contribution < 1.29 is 4.79 Å². The van der Waals surface area contributed by atoms with Gasteiger partial charge >= 0.3 is 0 Å². The summed E-state index contributed by atoms with van der Waals surface area (Å²) >= 11 is 9.23. The lowest BCUT2D eigenvalue weighted by Crippen LogP contribution is -2.13. The number of halogens is 2. The van der Waals surface area contributed by atoms with E-state index in [0.717, 1.165) is 10.0 Å². The standard InChI is InChI=1S/C14H12BrClN2O/c1-8-6-9(16)2-4-11(8)14(19)18-13-5-3-10(17)7-12(13)15/h2-7H,17H2,1H3,(H,18,19). The van der Waals surface area contributed by atoms with E-state index in [1.165, 1.54) is 0 Å². The lowest BCUT2D eigenvalue weighted by atomic mass is 10.1. The van der Waals surface area contributed by atoms with Gasteiger partial charge in [0.25, 0.3) is 5.91 Å². The second-order valence-electron chi connectivity index (χ2n) is 4.15. The van der Waals surface area contributed by atoms with Crippen LogP contribution in [0.3, 0.4) is 0 Å². The molecule has 0 heterocycles. The maximum Gasteiger partial charge on any atom is 0.255 e. The minimum absolute atomic E-state index is 0.181. The molecule has 0 aliphatic carbocycles. The van der Waals surface area contributed by atoms with Gasteiger partial charge in [0, 0.05) is 20.7 Å². The third kappa shape index (κ3) is 3.28. The molecule has 19 heavy (non-hydrogen) atoms. The van der Waals surface area contributed by atoms with E-state index in [-0.39, 0.29) is 5.91 Å². The van der Waals surface area contributed by atoms with Crippen molar-refractivity contribution in [2.45, 2.75) is 6.92 Å². The van der Waals surface area contributed by atoms with Crippen LogP contribution >= 0.6 is 27.5 Å². The number of carbonyl (C=O) groups is 1. The first-order valence-electron chi connectivity index (χ1n) is 5.60. The maximum atomic E-state index is 12.2. The lowest BCUT2D eigenvalue weighted by molar-refractivity contribution is 0.102. The molecule has 2 rings (SSSR count). The molecule has 0 radical (unpaired) electrons. The smallest absolute Gasteiger partial charge is 0.255 e. The second-order valence-corrected chi connectivity index (χ2v) is 5.44. The van der Waals surface area contributed by atoms with E-state index < -0.39 is 0 Å². The number of anilines is 2. The van der Waals surface area contributed by atoms with Crippen LogP contribution in [0.25, 0.3) is 0 Å². The van der Waals surface area contributed by atoms with Crippen LogP contribution in [0.1, 0.15) is 15.9 Å². The summed E-state index contributed by atoms with van der Waals surface area (Å²) < 4.78 is 0.743. The molecule has 0 fully saturated rings. The summed E-state index contributed by atoms with van der Waals surface area (Å²) in [5.41, 5.74) is 8.38. The molecular formula is C14H12BrClN2O. The molecule has 2 aromatic carbocycles. The molecule has 0 saturated heterocycles. The Bertz CT molecular complexity index is 643. The van der Waals surface area contributed by atoms with Crippen LogP contribution in [0, 0.1) is 6.92 Å². The predicted molar refractivity (Wildman–Crippen MR) is 82.7 cm³/mol. The molecule has 0 spiro atoms. The average Bonchev–Trinajstić information content (AvgIpc) is 2.32. The van der Waals surface area contributed by atoms with E-state index in [2.05, 4.69) is 21.2 Å². The van der Waals surface area contributed by atoms with Crippen LogP contribution in [0.15, 0.2) is 40.9 Å². The van der Waals surface area contributed by atoms with E-state index in [1.807, 2.05) is 6.92 Å². The van der Waals surface area contributed by atoms with Crippen LogP contribution < -0.4 is 11.1 Å². The molecule has 2 aromatic rings. The normalized spacial score (nSPS) is 10.3. The second kappa shape index (κ2) is 5.63. The van der Waals surface area contributed by atoms with Crippen LogP contribution in [0.2, 0.25) is 5.02 Å². The van der Waals surface area contributed by atoms with Crippen molar-refractivity contribution in [1.29, 1.82) is 0 Å². The van der Waals surface area contributed by atoms with E-state index >= 15 is 0 Å². The minimum Gasteiger partial charge on any atom is -0.399 e. The Morgan fingerprint density at radius 3 is 2.63 bits per heavy atom. The van der Waals surface area contributed by atoms with Gasteiger partial charge in [0.1, 0.15) is 0 Å². The molecule has 0 aliphatic rings. The van der Waals surface area contributed by atoms with Gasteiger partial charge in [0.15, 0.2) is 0 Å². The Morgan fingerprint density at radius 1 is 1.26 bits per heavy atom. The molecule has 3 nitrogen and oxygen atoms in total. The van der Waals surface area contributed by atoms with Gasteiger partial charge in [-0.15, -0.1) is 0 Å². The number of hydrogen-bond donors (Lipinski definition) is 2. The van der Waals surface area contributed by atoms with E-state index in [9.17, 15) is 4.79 Å². The van der Waals surface area contributed by atoms with Crippen molar-refractivity contribution in [3.8, 4) is 0 Å². The molecule has 5 heteroatoms. The molecule has 0 aromatic heterocycles. The number of amides is 1. The van der Waals surface area contributed by atoms with E-state index in [4.69, 9.17) is 17.3 Å². The van der Waals surface area contributed by atoms with Crippen LogP contribution in [-0.2, 0) is 0 Å². The van der Waals surface area contributed by atoms with E-state index in [0.29, 0.717) is 22.0 Å². The molecule has 0 bridgehead atoms. The Hall–Kier alpha value is -1.52. The fraction of sp³-hybridized carbons (Fsp3) is 0.0714. The zero-order valence-corrected chi connectivity index (χ0v) is 12.5. The predicted octanol–water partition coefficient (Wildman–Crippen LogP) is 4.25. The van der Waals surface area contributed by atoms with Gasteiger partial charge in [0.2, 0.25) is 0 Å². The van der Waals surface area contributed by atoms with Gasteiger partial charge in [-0.05, 0) is 64.8 Å². The maximum absolute atomic E-state index is 12.2. The number of aryl methyl sites for hydroxylation is 1. The summed E-state index contributed by atoms with van der Waals surface area (Å²) in [6.45, 7) is 1.85. The largest absolute Gasteiger partial charge is 0.399 e. The highest BCUT2D eigenvalue weighted by molar-refractivity contribution is 9.10. The Morgan fingerprint density at radius 2 is 2.00 bits per heavy atom. The van der Waals surface area contributed by atoms with Crippen molar-refractivity contribution in [3.63, 3.8) is 0 Å². The molecule has 0 aliphatic heterocycles. The Balaban J connectivity index is 2.25. The van der Waals surface area contributed by atoms with Crippen molar-refractivity contribution >= 4 is 44.8 Å². The minimum atomic E-state index is -0.181. The number of hydrogen-bond acceptors (Lipinski definition) is 2. The number of nitrogens with one attached hydrogen (secondary N) is 1. The van der Waals surface area contributed by atoms with Crippen molar-refractivity contribution in [1.82, 2.24) is 0 Å². The highest BCUT2D eigenvalue weighted by Crippen LogP contribution is 2.25. The number of benzene rings is 2. The fourth-order valence-electron chi connectivity index (χ4n) is 1.70. The lowest BCUT2D eigenvalue weighted by Gasteiger charge is -2.10. The van der Waals surface area contributed by atoms with Crippen molar-refractivity contribution in [3.05, 3.63) is 57.0 Å². The average molecular weight is 340 g/mol. The fourth-order valence-corrected chi connectivity index (χ4v) is 2.43. The molecule has 0 unspecified atom stereocenters. The topological polar surface area (TPSA) is 55.1 Å². The molecule has 0 atom stereocenters. The first kappa shape index (κ1) is 13.9. The van der Waals surface area contributed by atoms with Crippen LogP contribution in [0.4, 0.5) is 11.4 Å². The number of nitrogens with two attached hydrogens (primary N) is 1. The summed E-state index contributed by atoms with van der Waals surface area (Å²) in [6, 6.07) is 10.4. The number of nitrogen functional groups attached to an aromatic ring is 1. The van der Waals surface area contributed by atoms with Crippen LogP contribution in [0.5, 0.6) is 0 Å². The summed E-state index contributed by atoms with van der Waals surface area (Å²) in [7, 11) is 0. The number of carbonyl (C=O) groups excluding carboxylic acids is 1. The van der Waals surface area contributed by atoms with Gasteiger partial charge in [0.05, 0.1) is 5.69 Å².